The number of benzene rings is 4. The molecule has 0 saturated heterocycles. The van der Waals surface area contributed by atoms with Crippen molar-refractivity contribution in [3.63, 3.8) is 0 Å². The summed E-state index contributed by atoms with van der Waals surface area (Å²) in [6.45, 7) is 0.447. The molecule has 1 amide bonds. The Morgan fingerprint density at radius 2 is 1.46 bits per heavy atom. The molecule has 5 rings (SSSR count). The van der Waals surface area contributed by atoms with E-state index in [9.17, 15) is 9.59 Å². The molecule has 0 atom stereocenters. The molecule has 0 aliphatic rings. The van der Waals surface area contributed by atoms with Crippen molar-refractivity contribution in [3.8, 4) is 33.9 Å². The van der Waals surface area contributed by atoms with E-state index in [0.717, 1.165) is 16.7 Å². The van der Waals surface area contributed by atoms with Crippen LogP contribution in [0.1, 0.15) is 15.9 Å². The van der Waals surface area contributed by atoms with Crippen molar-refractivity contribution in [1.29, 1.82) is 0 Å². The summed E-state index contributed by atoms with van der Waals surface area (Å²) in [5.41, 5.74) is 4.12. The van der Waals surface area contributed by atoms with Gasteiger partial charge in [0, 0.05) is 36.3 Å². The monoisotopic (exact) mass is 487 g/mol. The third kappa shape index (κ3) is 5.49. The number of nitrogens with one attached hydrogen (secondary N) is 1. The van der Waals surface area contributed by atoms with E-state index < -0.39 is 0 Å². The number of aromatic nitrogens is 2. The Hall–Kier alpha value is -4.97. The predicted octanol–water partition coefficient (Wildman–Crippen LogP) is 5.84. The molecule has 6 heteroatoms. The fourth-order valence-corrected chi connectivity index (χ4v) is 4.01. The molecule has 1 heterocycles. The van der Waals surface area contributed by atoms with Gasteiger partial charge < -0.3 is 10.1 Å². The van der Waals surface area contributed by atoms with Gasteiger partial charge in [0.2, 0.25) is 0 Å². The summed E-state index contributed by atoms with van der Waals surface area (Å²) in [6.07, 6.45) is 0. The molecule has 37 heavy (non-hydrogen) atoms. The van der Waals surface area contributed by atoms with Crippen LogP contribution in [0.3, 0.4) is 0 Å². The van der Waals surface area contributed by atoms with E-state index in [1.54, 1.807) is 25.2 Å². The third-order valence-corrected chi connectivity index (χ3v) is 5.96. The number of hydrogen-bond donors (Lipinski definition) is 1. The number of nitrogens with zero attached hydrogens (tertiary/aromatic N) is 2. The van der Waals surface area contributed by atoms with Gasteiger partial charge in [-0.2, -0.15) is 5.10 Å². The van der Waals surface area contributed by atoms with Crippen molar-refractivity contribution in [2.24, 2.45) is 7.05 Å². The first kappa shape index (κ1) is 23.8. The van der Waals surface area contributed by atoms with Crippen molar-refractivity contribution in [1.82, 2.24) is 15.1 Å². The SMILES string of the molecule is Cn1nc(-c2ccccc2Oc2ccccc2)c(-c2ccc(C(=O)NCc3ccccc3)cc2)cc1=O. The zero-order chi connectivity index (χ0) is 25.6. The second-order valence-corrected chi connectivity index (χ2v) is 8.53. The maximum absolute atomic E-state index is 12.7. The van der Waals surface area contributed by atoms with E-state index in [2.05, 4.69) is 10.4 Å². The molecule has 182 valence electrons. The molecule has 0 spiro atoms. The zero-order valence-electron chi connectivity index (χ0n) is 20.3. The number of rotatable bonds is 7. The Morgan fingerprint density at radius 3 is 2.19 bits per heavy atom. The Kier molecular flexibility index (Phi) is 6.90. The highest BCUT2D eigenvalue weighted by Crippen LogP contribution is 2.37. The normalized spacial score (nSPS) is 10.6. The lowest BCUT2D eigenvalue weighted by Crippen LogP contribution is -2.22. The van der Waals surface area contributed by atoms with Gasteiger partial charge in [0.15, 0.2) is 0 Å². The van der Waals surface area contributed by atoms with Crippen LogP contribution in [-0.2, 0) is 13.6 Å². The predicted molar refractivity (Wildman–Crippen MR) is 144 cm³/mol. The number of para-hydroxylation sites is 2. The van der Waals surface area contributed by atoms with Crippen LogP contribution in [0, 0.1) is 0 Å². The van der Waals surface area contributed by atoms with Crippen molar-refractivity contribution in [2.75, 3.05) is 0 Å². The number of carbonyl (C=O) groups is 1. The fraction of sp³-hybridized carbons (Fsp3) is 0.0645. The van der Waals surface area contributed by atoms with Crippen LogP contribution in [-0.4, -0.2) is 15.7 Å². The second-order valence-electron chi connectivity index (χ2n) is 8.53. The fourth-order valence-electron chi connectivity index (χ4n) is 4.01. The first-order valence-electron chi connectivity index (χ1n) is 11.9. The second kappa shape index (κ2) is 10.7. The van der Waals surface area contributed by atoms with Crippen molar-refractivity contribution in [2.45, 2.75) is 6.54 Å². The number of carbonyl (C=O) groups excluding carboxylic acids is 1. The number of ether oxygens (including phenoxy) is 1. The van der Waals surface area contributed by atoms with Gasteiger partial charge in [-0.15, -0.1) is 0 Å². The van der Waals surface area contributed by atoms with Gasteiger partial charge >= 0.3 is 0 Å². The molecule has 0 radical (unpaired) electrons. The number of aryl methyl sites for hydroxylation is 1. The smallest absolute Gasteiger partial charge is 0.267 e. The molecule has 0 bridgehead atoms. The van der Waals surface area contributed by atoms with Crippen molar-refractivity contribution in [3.05, 3.63) is 137 Å². The van der Waals surface area contributed by atoms with E-state index >= 15 is 0 Å². The van der Waals surface area contributed by atoms with Crippen molar-refractivity contribution >= 4 is 5.91 Å². The lowest BCUT2D eigenvalue weighted by Gasteiger charge is -2.15. The lowest BCUT2D eigenvalue weighted by molar-refractivity contribution is 0.0951. The van der Waals surface area contributed by atoms with E-state index in [4.69, 9.17) is 4.74 Å². The Morgan fingerprint density at radius 1 is 0.811 bits per heavy atom. The van der Waals surface area contributed by atoms with Gasteiger partial charge in [0.25, 0.3) is 11.5 Å². The average molecular weight is 488 g/mol. The molecule has 0 aliphatic carbocycles. The minimum absolute atomic E-state index is 0.167. The van der Waals surface area contributed by atoms with Crippen LogP contribution in [0.5, 0.6) is 11.5 Å². The first-order chi connectivity index (χ1) is 18.1. The highest BCUT2D eigenvalue weighted by Gasteiger charge is 2.17. The van der Waals surface area contributed by atoms with Crippen molar-refractivity contribution < 1.29 is 9.53 Å². The van der Waals surface area contributed by atoms with Crippen LogP contribution < -0.4 is 15.6 Å². The molecule has 5 aromatic rings. The van der Waals surface area contributed by atoms with Crippen LogP contribution in [0.15, 0.2) is 120 Å². The van der Waals surface area contributed by atoms with E-state index in [-0.39, 0.29) is 11.5 Å². The average Bonchev–Trinajstić information content (AvgIpc) is 2.94. The van der Waals surface area contributed by atoms with Gasteiger partial charge in [-0.1, -0.05) is 72.8 Å². The van der Waals surface area contributed by atoms with Gasteiger partial charge in [0.05, 0.1) is 0 Å². The Balaban J connectivity index is 1.46. The van der Waals surface area contributed by atoms with Crippen LogP contribution in [0.4, 0.5) is 0 Å². The summed E-state index contributed by atoms with van der Waals surface area (Å²) in [7, 11) is 1.62. The van der Waals surface area contributed by atoms with Crippen LogP contribution in [0.25, 0.3) is 22.4 Å². The molecule has 6 nitrogen and oxygen atoms in total. The third-order valence-electron chi connectivity index (χ3n) is 5.96. The minimum Gasteiger partial charge on any atom is -0.457 e. The quantitative estimate of drug-likeness (QED) is 0.313. The maximum atomic E-state index is 12.7. The summed E-state index contributed by atoms with van der Waals surface area (Å²) in [5.74, 6) is 1.16. The molecule has 1 N–H and O–H groups in total. The zero-order valence-corrected chi connectivity index (χ0v) is 20.3. The molecule has 0 fully saturated rings. The molecule has 0 unspecified atom stereocenters. The number of amides is 1. The van der Waals surface area contributed by atoms with E-state index in [1.807, 2.05) is 97.1 Å². The van der Waals surface area contributed by atoms with Gasteiger partial charge in [-0.3, -0.25) is 9.59 Å². The Labute approximate surface area is 214 Å². The standard InChI is InChI=1S/C31H25N3O3/c1-34-29(35)20-27(23-16-18-24(19-17-23)31(36)32-21-22-10-4-2-5-11-22)30(33-34)26-14-8-9-15-28(26)37-25-12-6-3-7-13-25/h2-20H,21H2,1H3,(H,32,36). The summed E-state index contributed by atoms with van der Waals surface area (Å²) in [5, 5.41) is 7.52. The first-order valence-corrected chi connectivity index (χ1v) is 11.9. The van der Waals surface area contributed by atoms with Gasteiger partial charge in [-0.05, 0) is 47.5 Å². The number of hydrogen-bond acceptors (Lipinski definition) is 4. The van der Waals surface area contributed by atoms with E-state index in [0.29, 0.717) is 34.9 Å². The minimum atomic E-state index is -0.232. The summed E-state index contributed by atoms with van der Waals surface area (Å²) >= 11 is 0. The van der Waals surface area contributed by atoms with Crippen LogP contribution >= 0.6 is 0 Å². The highest BCUT2D eigenvalue weighted by molar-refractivity contribution is 5.95. The maximum Gasteiger partial charge on any atom is 0.267 e. The molecule has 4 aromatic carbocycles. The molecular formula is C31H25N3O3. The lowest BCUT2D eigenvalue weighted by atomic mass is 9.98. The largest absolute Gasteiger partial charge is 0.457 e. The topological polar surface area (TPSA) is 73.2 Å². The van der Waals surface area contributed by atoms with Gasteiger partial charge in [-0.25, -0.2) is 4.68 Å². The molecular weight excluding hydrogens is 462 g/mol. The molecule has 1 aromatic heterocycles. The summed E-state index contributed by atoms with van der Waals surface area (Å²) in [4.78, 5) is 25.3. The summed E-state index contributed by atoms with van der Waals surface area (Å²) in [6, 6.07) is 35.6. The Bertz CT molecular complexity index is 1580. The molecule has 0 saturated carbocycles. The van der Waals surface area contributed by atoms with Gasteiger partial charge in [0.1, 0.15) is 17.2 Å². The molecule has 0 aliphatic heterocycles. The van der Waals surface area contributed by atoms with Crippen LogP contribution in [0.2, 0.25) is 0 Å². The highest BCUT2D eigenvalue weighted by atomic mass is 16.5. The summed E-state index contributed by atoms with van der Waals surface area (Å²) < 4.78 is 7.47. The van der Waals surface area contributed by atoms with E-state index in [1.165, 1.54) is 4.68 Å².